The SMILES string of the molecule is CNc1nc2c(=O)n(C)c(=O)n(C)c2n1CC(C)C. The van der Waals surface area contributed by atoms with Crippen molar-refractivity contribution in [3.05, 3.63) is 20.8 Å². The first-order valence-corrected chi connectivity index (χ1v) is 6.22. The van der Waals surface area contributed by atoms with E-state index in [-0.39, 0.29) is 11.2 Å². The molecular weight excluding hydrogens is 246 g/mol. The molecule has 2 aromatic rings. The zero-order valence-electron chi connectivity index (χ0n) is 11.9. The van der Waals surface area contributed by atoms with Crippen LogP contribution in [0.2, 0.25) is 0 Å². The van der Waals surface area contributed by atoms with E-state index in [0.29, 0.717) is 29.6 Å². The highest BCUT2D eigenvalue weighted by atomic mass is 16.2. The second kappa shape index (κ2) is 4.56. The van der Waals surface area contributed by atoms with E-state index in [1.165, 1.54) is 11.6 Å². The Hall–Kier alpha value is -2.05. The summed E-state index contributed by atoms with van der Waals surface area (Å²) in [5, 5.41) is 2.97. The zero-order valence-corrected chi connectivity index (χ0v) is 11.9. The van der Waals surface area contributed by atoms with Crippen LogP contribution in [-0.4, -0.2) is 25.7 Å². The van der Waals surface area contributed by atoms with E-state index in [1.807, 2.05) is 4.57 Å². The first kappa shape index (κ1) is 13.4. The molecule has 0 unspecified atom stereocenters. The predicted molar refractivity (Wildman–Crippen MR) is 74.6 cm³/mol. The van der Waals surface area contributed by atoms with Crippen molar-refractivity contribution in [2.75, 3.05) is 12.4 Å². The van der Waals surface area contributed by atoms with Crippen molar-refractivity contribution >= 4 is 17.1 Å². The Bertz CT molecular complexity index is 735. The van der Waals surface area contributed by atoms with Crippen LogP contribution >= 0.6 is 0 Å². The van der Waals surface area contributed by atoms with Gasteiger partial charge in [0.1, 0.15) is 0 Å². The molecule has 0 aliphatic heterocycles. The molecule has 19 heavy (non-hydrogen) atoms. The molecule has 7 heteroatoms. The van der Waals surface area contributed by atoms with Gasteiger partial charge in [-0.1, -0.05) is 13.8 Å². The van der Waals surface area contributed by atoms with Crippen molar-refractivity contribution in [1.82, 2.24) is 18.7 Å². The molecule has 2 rings (SSSR count). The van der Waals surface area contributed by atoms with E-state index in [9.17, 15) is 9.59 Å². The molecule has 0 amide bonds. The Kier molecular flexibility index (Phi) is 3.21. The normalized spacial score (nSPS) is 11.5. The van der Waals surface area contributed by atoms with Gasteiger partial charge in [-0.2, -0.15) is 0 Å². The standard InChI is InChI=1S/C12H19N5O2/c1-7(2)6-17-9-8(14-11(17)13-3)10(18)16(5)12(19)15(9)4/h7H,6H2,1-5H3,(H,13,14). The second-order valence-corrected chi connectivity index (χ2v) is 5.07. The van der Waals surface area contributed by atoms with Gasteiger partial charge in [0.2, 0.25) is 5.95 Å². The Morgan fingerprint density at radius 2 is 1.84 bits per heavy atom. The average molecular weight is 265 g/mol. The van der Waals surface area contributed by atoms with Gasteiger partial charge in [-0.3, -0.25) is 18.5 Å². The van der Waals surface area contributed by atoms with Crippen molar-refractivity contribution in [2.24, 2.45) is 20.0 Å². The van der Waals surface area contributed by atoms with Crippen molar-refractivity contribution in [2.45, 2.75) is 20.4 Å². The number of anilines is 1. The van der Waals surface area contributed by atoms with Gasteiger partial charge in [0.15, 0.2) is 11.2 Å². The number of rotatable bonds is 3. The molecule has 0 bridgehead atoms. The summed E-state index contributed by atoms with van der Waals surface area (Å²) in [5.41, 5.74) is 0.169. The van der Waals surface area contributed by atoms with Crippen LogP contribution in [0.15, 0.2) is 9.59 Å². The lowest BCUT2D eigenvalue weighted by Gasteiger charge is -2.12. The maximum absolute atomic E-state index is 12.1. The van der Waals surface area contributed by atoms with Crippen LogP contribution < -0.4 is 16.6 Å². The molecular formula is C12H19N5O2. The smallest absolute Gasteiger partial charge is 0.332 e. The fourth-order valence-corrected chi connectivity index (χ4v) is 2.22. The van der Waals surface area contributed by atoms with E-state index in [0.717, 1.165) is 4.57 Å². The van der Waals surface area contributed by atoms with E-state index in [2.05, 4.69) is 24.1 Å². The molecule has 2 aromatic heterocycles. The molecule has 0 aromatic carbocycles. The molecule has 1 N–H and O–H groups in total. The number of imidazole rings is 1. The van der Waals surface area contributed by atoms with Crippen LogP contribution in [0, 0.1) is 5.92 Å². The van der Waals surface area contributed by atoms with Crippen LogP contribution in [0.4, 0.5) is 5.95 Å². The molecule has 2 heterocycles. The van der Waals surface area contributed by atoms with Crippen molar-refractivity contribution in [3.63, 3.8) is 0 Å². The lowest BCUT2D eigenvalue weighted by atomic mass is 10.2. The topological polar surface area (TPSA) is 73.8 Å². The Morgan fingerprint density at radius 1 is 1.21 bits per heavy atom. The van der Waals surface area contributed by atoms with Gasteiger partial charge in [0, 0.05) is 27.7 Å². The summed E-state index contributed by atoms with van der Waals surface area (Å²) in [4.78, 5) is 28.4. The lowest BCUT2D eigenvalue weighted by Crippen LogP contribution is -2.37. The van der Waals surface area contributed by atoms with Crippen LogP contribution in [0.25, 0.3) is 11.2 Å². The van der Waals surface area contributed by atoms with Crippen LogP contribution in [-0.2, 0) is 20.6 Å². The highest BCUT2D eigenvalue weighted by Gasteiger charge is 2.18. The highest BCUT2D eigenvalue weighted by Crippen LogP contribution is 2.17. The minimum absolute atomic E-state index is 0.314. The summed E-state index contributed by atoms with van der Waals surface area (Å²) in [6, 6.07) is 0. The van der Waals surface area contributed by atoms with E-state index in [4.69, 9.17) is 0 Å². The number of nitrogens with zero attached hydrogens (tertiary/aromatic N) is 4. The van der Waals surface area contributed by atoms with Gasteiger partial charge >= 0.3 is 5.69 Å². The first-order chi connectivity index (χ1) is 8.88. The van der Waals surface area contributed by atoms with Crippen molar-refractivity contribution in [1.29, 1.82) is 0 Å². The van der Waals surface area contributed by atoms with E-state index >= 15 is 0 Å². The van der Waals surface area contributed by atoms with Crippen molar-refractivity contribution < 1.29 is 0 Å². The summed E-state index contributed by atoms with van der Waals surface area (Å²) < 4.78 is 4.42. The number of hydrogen-bond acceptors (Lipinski definition) is 4. The molecule has 7 nitrogen and oxygen atoms in total. The van der Waals surface area contributed by atoms with Crippen molar-refractivity contribution in [3.8, 4) is 0 Å². The third kappa shape index (κ3) is 1.94. The van der Waals surface area contributed by atoms with Gasteiger partial charge in [-0.15, -0.1) is 0 Å². The fraction of sp³-hybridized carbons (Fsp3) is 0.583. The molecule has 104 valence electrons. The fourth-order valence-electron chi connectivity index (χ4n) is 2.22. The summed E-state index contributed by atoms with van der Waals surface area (Å²) >= 11 is 0. The number of fused-ring (bicyclic) bond motifs is 1. The van der Waals surface area contributed by atoms with Crippen LogP contribution in [0.5, 0.6) is 0 Å². The van der Waals surface area contributed by atoms with Crippen LogP contribution in [0.1, 0.15) is 13.8 Å². The molecule has 0 saturated heterocycles. The number of aromatic nitrogens is 4. The minimum atomic E-state index is -0.364. The molecule has 0 aliphatic carbocycles. The minimum Gasteiger partial charge on any atom is -0.359 e. The number of aryl methyl sites for hydroxylation is 1. The molecule has 0 spiro atoms. The summed E-state index contributed by atoms with van der Waals surface area (Å²) in [7, 11) is 4.87. The Balaban J connectivity index is 2.95. The summed E-state index contributed by atoms with van der Waals surface area (Å²) in [6.07, 6.45) is 0. The third-order valence-corrected chi connectivity index (χ3v) is 3.11. The monoisotopic (exact) mass is 265 g/mol. The number of nitrogens with one attached hydrogen (secondary N) is 1. The van der Waals surface area contributed by atoms with Gasteiger partial charge in [-0.05, 0) is 5.92 Å². The maximum Gasteiger partial charge on any atom is 0.332 e. The molecule has 0 radical (unpaired) electrons. The quantitative estimate of drug-likeness (QED) is 0.856. The van der Waals surface area contributed by atoms with Gasteiger partial charge in [0.05, 0.1) is 0 Å². The molecule has 0 aliphatic rings. The molecule has 0 fully saturated rings. The first-order valence-electron chi connectivity index (χ1n) is 6.22. The van der Waals surface area contributed by atoms with Gasteiger partial charge in [-0.25, -0.2) is 9.78 Å². The predicted octanol–water partition coefficient (Wildman–Crippen LogP) is 0.131. The Labute approximate surface area is 110 Å². The van der Waals surface area contributed by atoms with E-state index in [1.54, 1.807) is 14.1 Å². The van der Waals surface area contributed by atoms with E-state index < -0.39 is 0 Å². The maximum atomic E-state index is 12.1. The lowest BCUT2D eigenvalue weighted by molar-refractivity contribution is 0.528. The van der Waals surface area contributed by atoms with Gasteiger partial charge in [0.25, 0.3) is 5.56 Å². The third-order valence-electron chi connectivity index (χ3n) is 3.11. The number of hydrogen-bond donors (Lipinski definition) is 1. The summed E-state index contributed by atoms with van der Waals surface area (Å²) in [6.45, 7) is 4.84. The van der Waals surface area contributed by atoms with Gasteiger partial charge < -0.3 is 5.32 Å². The largest absolute Gasteiger partial charge is 0.359 e. The summed E-state index contributed by atoms with van der Waals surface area (Å²) in [5.74, 6) is 0.977. The molecule has 0 atom stereocenters. The molecule has 0 saturated carbocycles. The Morgan fingerprint density at radius 3 is 2.37 bits per heavy atom. The average Bonchev–Trinajstić information content (AvgIpc) is 2.71. The van der Waals surface area contributed by atoms with Crippen LogP contribution in [0.3, 0.4) is 0 Å². The second-order valence-electron chi connectivity index (χ2n) is 5.07. The highest BCUT2D eigenvalue weighted by molar-refractivity contribution is 5.74. The zero-order chi connectivity index (χ0) is 14.3.